The van der Waals surface area contributed by atoms with Crippen LogP contribution in [0.4, 0.5) is 11.6 Å². The molecule has 1 aromatic heterocycles. The summed E-state index contributed by atoms with van der Waals surface area (Å²) in [4.78, 5) is 17.6. The topological polar surface area (TPSA) is 96.2 Å². The zero-order valence-corrected chi connectivity index (χ0v) is 11.9. The van der Waals surface area contributed by atoms with Crippen molar-refractivity contribution in [1.29, 1.82) is 0 Å². The quantitative estimate of drug-likeness (QED) is 0.437. The first kappa shape index (κ1) is 14.0. The Morgan fingerprint density at radius 3 is 2.91 bits per heavy atom. The summed E-state index contributed by atoms with van der Waals surface area (Å²) in [6, 6.07) is 12.0. The van der Waals surface area contributed by atoms with Crippen LogP contribution in [0.2, 0.25) is 5.02 Å². The van der Waals surface area contributed by atoms with Crippen LogP contribution in [0.15, 0.2) is 47.6 Å². The Morgan fingerprint density at radius 1 is 1.32 bits per heavy atom. The van der Waals surface area contributed by atoms with Gasteiger partial charge in [0.15, 0.2) is 0 Å². The lowest BCUT2D eigenvalue weighted by Crippen LogP contribution is -1.94. The van der Waals surface area contributed by atoms with Gasteiger partial charge >= 0.3 is 0 Å². The molecule has 22 heavy (non-hydrogen) atoms. The highest BCUT2D eigenvalue weighted by Gasteiger charge is 2.11. The minimum absolute atomic E-state index is 0.0902. The summed E-state index contributed by atoms with van der Waals surface area (Å²) in [5.74, 6) is 0.487. The minimum atomic E-state index is -0.535. The van der Waals surface area contributed by atoms with E-state index < -0.39 is 4.92 Å². The van der Waals surface area contributed by atoms with Gasteiger partial charge in [-0.15, -0.1) is 0 Å². The first-order valence-corrected chi connectivity index (χ1v) is 6.69. The fourth-order valence-corrected chi connectivity index (χ4v) is 2.11. The van der Waals surface area contributed by atoms with Gasteiger partial charge < -0.3 is 4.98 Å². The van der Waals surface area contributed by atoms with Crippen LogP contribution in [0.5, 0.6) is 0 Å². The summed E-state index contributed by atoms with van der Waals surface area (Å²) >= 11 is 5.75. The van der Waals surface area contributed by atoms with Gasteiger partial charge in [0, 0.05) is 11.6 Å². The predicted octanol–water partition coefficient (Wildman–Crippen LogP) is 3.57. The van der Waals surface area contributed by atoms with E-state index in [9.17, 15) is 10.1 Å². The van der Waals surface area contributed by atoms with Crippen LogP contribution in [-0.2, 0) is 0 Å². The summed E-state index contributed by atoms with van der Waals surface area (Å²) in [6.07, 6.45) is 1.45. The van der Waals surface area contributed by atoms with Crippen molar-refractivity contribution in [1.82, 2.24) is 9.97 Å². The van der Waals surface area contributed by atoms with E-state index in [0.717, 1.165) is 11.0 Å². The molecule has 0 spiro atoms. The van der Waals surface area contributed by atoms with Crippen molar-refractivity contribution in [2.45, 2.75) is 0 Å². The third kappa shape index (κ3) is 2.89. The van der Waals surface area contributed by atoms with Gasteiger partial charge in [-0.3, -0.25) is 10.1 Å². The molecule has 0 aliphatic heterocycles. The number of aromatic nitrogens is 2. The van der Waals surface area contributed by atoms with Crippen LogP contribution in [-0.4, -0.2) is 21.1 Å². The number of aromatic amines is 1. The summed E-state index contributed by atoms with van der Waals surface area (Å²) in [5, 5.41) is 14.9. The predicted molar refractivity (Wildman–Crippen MR) is 85.4 cm³/mol. The van der Waals surface area contributed by atoms with E-state index in [1.165, 1.54) is 18.3 Å². The van der Waals surface area contributed by atoms with E-state index in [0.29, 0.717) is 11.5 Å². The molecule has 0 amide bonds. The zero-order valence-electron chi connectivity index (χ0n) is 11.2. The molecule has 0 unspecified atom stereocenters. The van der Waals surface area contributed by atoms with E-state index >= 15 is 0 Å². The lowest BCUT2D eigenvalue weighted by atomic mass is 10.2. The standard InChI is InChI=1S/C14H10ClN5O2/c15-10-6-5-9(7-13(10)20(21)22)8-16-19-14-17-11-3-1-2-4-12(11)18-14/h1-8H,(H2,17,18,19). The van der Waals surface area contributed by atoms with Crippen molar-refractivity contribution in [2.75, 3.05) is 5.43 Å². The molecule has 3 aromatic rings. The first-order chi connectivity index (χ1) is 10.6. The number of para-hydroxylation sites is 2. The molecule has 2 N–H and O–H groups in total. The summed E-state index contributed by atoms with van der Waals surface area (Å²) in [5.41, 5.74) is 4.86. The molecule has 0 atom stereocenters. The number of hydrazone groups is 1. The average molecular weight is 316 g/mol. The molecular weight excluding hydrogens is 306 g/mol. The number of nitrogens with zero attached hydrogens (tertiary/aromatic N) is 3. The van der Waals surface area contributed by atoms with E-state index in [-0.39, 0.29) is 10.7 Å². The van der Waals surface area contributed by atoms with Gasteiger partial charge in [-0.05, 0) is 18.2 Å². The van der Waals surface area contributed by atoms with Crippen molar-refractivity contribution >= 4 is 40.5 Å². The molecule has 8 heteroatoms. The SMILES string of the molecule is O=[N+]([O-])c1cc(C=NNc2nc3ccccc3[nH]2)ccc1Cl. The lowest BCUT2D eigenvalue weighted by Gasteiger charge is -1.97. The monoisotopic (exact) mass is 315 g/mol. The first-order valence-electron chi connectivity index (χ1n) is 6.31. The summed E-state index contributed by atoms with van der Waals surface area (Å²) < 4.78 is 0. The number of fused-ring (bicyclic) bond motifs is 1. The van der Waals surface area contributed by atoms with Crippen molar-refractivity contribution in [3.63, 3.8) is 0 Å². The molecule has 2 aromatic carbocycles. The largest absolute Gasteiger partial charge is 0.323 e. The van der Waals surface area contributed by atoms with Crippen LogP contribution in [0.3, 0.4) is 0 Å². The Labute approximate surface area is 129 Å². The van der Waals surface area contributed by atoms with Crippen LogP contribution < -0.4 is 5.43 Å². The van der Waals surface area contributed by atoms with Crippen LogP contribution in [0.25, 0.3) is 11.0 Å². The molecule has 0 saturated heterocycles. The number of imidazole rings is 1. The zero-order chi connectivity index (χ0) is 15.5. The molecule has 7 nitrogen and oxygen atoms in total. The number of nitro groups is 1. The Morgan fingerprint density at radius 2 is 2.14 bits per heavy atom. The molecule has 0 radical (unpaired) electrons. The second-order valence-electron chi connectivity index (χ2n) is 4.44. The van der Waals surface area contributed by atoms with E-state index in [1.807, 2.05) is 24.3 Å². The van der Waals surface area contributed by atoms with Gasteiger partial charge in [0.1, 0.15) is 5.02 Å². The fourth-order valence-electron chi connectivity index (χ4n) is 1.92. The molecule has 0 saturated carbocycles. The van der Waals surface area contributed by atoms with Gasteiger partial charge in [-0.2, -0.15) is 5.10 Å². The normalized spacial score (nSPS) is 11.1. The Kier molecular flexibility index (Phi) is 3.71. The fraction of sp³-hybridized carbons (Fsp3) is 0. The second-order valence-corrected chi connectivity index (χ2v) is 4.85. The van der Waals surface area contributed by atoms with Gasteiger partial charge in [0.25, 0.3) is 5.69 Å². The van der Waals surface area contributed by atoms with Gasteiger partial charge in [0.05, 0.1) is 22.2 Å². The molecule has 0 aliphatic rings. The van der Waals surface area contributed by atoms with E-state index in [1.54, 1.807) is 6.07 Å². The van der Waals surface area contributed by atoms with Crippen molar-refractivity contribution in [2.24, 2.45) is 5.10 Å². The molecule has 1 heterocycles. The smallest absolute Gasteiger partial charge is 0.288 e. The molecule has 0 bridgehead atoms. The second kappa shape index (κ2) is 5.82. The number of nitro benzene ring substituents is 1. The maximum Gasteiger partial charge on any atom is 0.288 e. The van der Waals surface area contributed by atoms with Gasteiger partial charge in [-0.1, -0.05) is 29.8 Å². The Bertz CT molecular complexity index is 842. The number of halogens is 1. The number of anilines is 1. The van der Waals surface area contributed by atoms with Gasteiger partial charge in [0.2, 0.25) is 5.95 Å². The van der Waals surface area contributed by atoms with Crippen LogP contribution in [0.1, 0.15) is 5.56 Å². The number of hydrogen-bond donors (Lipinski definition) is 2. The summed E-state index contributed by atoms with van der Waals surface area (Å²) in [6.45, 7) is 0. The molecule has 0 fully saturated rings. The number of benzene rings is 2. The number of hydrogen-bond acceptors (Lipinski definition) is 5. The molecule has 110 valence electrons. The van der Waals surface area contributed by atoms with Crippen molar-refractivity contribution in [3.05, 3.63) is 63.2 Å². The number of nitrogens with one attached hydrogen (secondary N) is 2. The molecule has 3 rings (SSSR count). The average Bonchev–Trinajstić information content (AvgIpc) is 2.91. The van der Waals surface area contributed by atoms with E-state index in [2.05, 4.69) is 20.5 Å². The van der Waals surface area contributed by atoms with Crippen molar-refractivity contribution in [3.8, 4) is 0 Å². The van der Waals surface area contributed by atoms with Gasteiger partial charge in [-0.25, -0.2) is 10.4 Å². The summed E-state index contributed by atoms with van der Waals surface area (Å²) in [7, 11) is 0. The molecule has 0 aliphatic carbocycles. The third-order valence-corrected chi connectivity index (χ3v) is 3.26. The molecular formula is C14H10ClN5O2. The van der Waals surface area contributed by atoms with Crippen LogP contribution >= 0.6 is 11.6 Å². The Balaban J connectivity index is 1.77. The van der Waals surface area contributed by atoms with E-state index in [4.69, 9.17) is 11.6 Å². The maximum absolute atomic E-state index is 10.8. The third-order valence-electron chi connectivity index (χ3n) is 2.94. The number of H-pyrrole nitrogens is 1. The van der Waals surface area contributed by atoms with Crippen LogP contribution in [0, 0.1) is 10.1 Å². The number of rotatable bonds is 4. The highest BCUT2D eigenvalue weighted by Crippen LogP contribution is 2.24. The minimum Gasteiger partial charge on any atom is -0.323 e. The van der Waals surface area contributed by atoms with Crippen molar-refractivity contribution < 1.29 is 4.92 Å². The Hall–Kier alpha value is -2.93. The maximum atomic E-state index is 10.8. The highest BCUT2D eigenvalue weighted by atomic mass is 35.5. The highest BCUT2D eigenvalue weighted by molar-refractivity contribution is 6.32. The lowest BCUT2D eigenvalue weighted by molar-refractivity contribution is -0.384.